The van der Waals surface area contributed by atoms with E-state index in [0.717, 1.165) is 12.1 Å². The number of amides is 1. The number of thiophene rings is 1. The molecule has 0 atom stereocenters. The van der Waals surface area contributed by atoms with Gasteiger partial charge in [-0.2, -0.15) is 0 Å². The fourth-order valence-corrected chi connectivity index (χ4v) is 1.26. The van der Waals surface area contributed by atoms with E-state index >= 15 is 0 Å². The van der Waals surface area contributed by atoms with E-state index in [0.29, 0.717) is 6.42 Å². The maximum atomic E-state index is 11.0. The van der Waals surface area contributed by atoms with Gasteiger partial charge in [-0.25, -0.2) is 0 Å². The summed E-state index contributed by atoms with van der Waals surface area (Å²) in [5.74, 6) is 0.0827. The molecule has 2 nitrogen and oxygen atoms in total. The van der Waals surface area contributed by atoms with Gasteiger partial charge in [-0.1, -0.05) is 6.92 Å². The summed E-state index contributed by atoms with van der Waals surface area (Å²) in [7, 11) is 0. The topological polar surface area (TPSA) is 29.1 Å². The van der Waals surface area contributed by atoms with E-state index in [4.69, 9.17) is 0 Å². The smallest absolute Gasteiger partial charge is 0.224 e. The highest BCUT2D eigenvalue weighted by atomic mass is 32.1. The van der Waals surface area contributed by atoms with Crippen LogP contribution in [0.3, 0.4) is 0 Å². The number of carbonyl (C=O) groups excluding carboxylic acids is 1. The standard InChI is InChI=1S/C8H10NOS/c1-2-3-8(10)9-7-4-5-11-6-7/h4,6H,2-3H2,1H3,(H,9,10). The van der Waals surface area contributed by atoms with Crippen LogP contribution >= 0.6 is 11.3 Å². The molecule has 0 bridgehead atoms. The molecule has 0 spiro atoms. The van der Waals surface area contributed by atoms with Crippen molar-refractivity contribution >= 4 is 22.9 Å². The van der Waals surface area contributed by atoms with Crippen molar-refractivity contribution in [1.29, 1.82) is 0 Å². The van der Waals surface area contributed by atoms with Crippen LogP contribution in [-0.4, -0.2) is 5.91 Å². The van der Waals surface area contributed by atoms with Crippen molar-refractivity contribution in [2.45, 2.75) is 19.8 Å². The summed E-state index contributed by atoms with van der Waals surface area (Å²) in [6.45, 7) is 1.99. The molecule has 1 rings (SSSR count). The molecule has 0 aliphatic rings. The zero-order valence-corrected chi connectivity index (χ0v) is 7.20. The first-order valence-electron chi connectivity index (χ1n) is 3.57. The van der Waals surface area contributed by atoms with Crippen molar-refractivity contribution in [1.82, 2.24) is 0 Å². The normalized spacial score (nSPS) is 9.55. The first-order valence-corrected chi connectivity index (χ1v) is 4.45. The number of carbonyl (C=O) groups is 1. The van der Waals surface area contributed by atoms with Crippen molar-refractivity contribution in [3.05, 3.63) is 16.8 Å². The summed E-state index contributed by atoms with van der Waals surface area (Å²) >= 11 is 1.46. The summed E-state index contributed by atoms with van der Waals surface area (Å²) in [5, 5.41) is 7.54. The molecule has 0 fully saturated rings. The Balaban J connectivity index is 2.37. The minimum atomic E-state index is 0.0827. The van der Waals surface area contributed by atoms with Gasteiger partial charge in [0.15, 0.2) is 0 Å². The maximum absolute atomic E-state index is 11.0. The Morgan fingerprint density at radius 1 is 1.82 bits per heavy atom. The second-order valence-corrected chi connectivity index (χ2v) is 2.96. The molecule has 0 unspecified atom stereocenters. The third-order valence-electron chi connectivity index (χ3n) is 1.23. The molecule has 59 valence electrons. The Morgan fingerprint density at radius 3 is 3.18 bits per heavy atom. The predicted octanol–water partition coefficient (Wildman–Crippen LogP) is 2.29. The lowest BCUT2D eigenvalue weighted by Gasteiger charge is -1.98. The summed E-state index contributed by atoms with van der Waals surface area (Å²) < 4.78 is 0. The lowest BCUT2D eigenvalue weighted by Crippen LogP contribution is -2.09. The van der Waals surface area contributed by atoms with Crippen molar-refractivity contribution in [3.8, 4) is 0 Å². The van der Waals surface area contributed by atoms with E-state index in [1.165, 1.54) is 11.3 Å². The molecule has 1 radical (unpaired) electrons. The number of rotatable bonds is 3. The molecule has 0 aliphatic heterocycles. The third kappa shape index (κ3) is 2.72. The molecular weight excluding hydrogens is 158 g/mol. The molecular formula is C8H10NOS. The van der Waals surface area contributed by atoms with Crippen LogP contribution in [0.1, 0.15) is 19.8 Å². The van der Waals surface area contributed by atoms with Gasteiger partial charge in [-0.05, 0) is 12.5 Å². The van der Waals surface area contributed by atoms with Crippen LogP contribution in [0, 0.1) is 5.38 Å². The fourth-order valence-electron chi connectivity index (χ4n) is 0.745. The number of nitrogens with one attached hydrogen (secondary N) is 1. The maximum Gasteiger partial charge on any atom is 0.224 e. The van der Waals surface area contributed by atoms with Crippen LogP contribution in [0.5, 0.6) is 0 Å². The van der Waals surface area contributed by atoms with Gasteiger partial charge in [-0.3, -0.25) is 4.79 Å². The molecule has 0 saturated heterocycles. The van der Waals surface area contributed by atoms with Crippen LogP contribution in [0.25, 0.3) is 0 Å². The van der Waals surface area contributed by atoms with Gasteiger partial charge in [0.05, 0.1) is 5.69 Å². The van der Waals surface area contributed by atoms with Crippen molar-refractivity contribution < 1.29 is 4.79 Å². The average Bonchev–Trinajstić information content (AvgIpc) is 2.40. The van der Waals surface area contributed by atoms with Crippen LogP contribution in [-0.2, 0) is 4.79 Å². The van der Waals surface area contributed by atoms with E-state index in [1.807, 2.05) is 12.3 Å². The van der Waals surface area contributed by atoms with E-state index in [2.05, 4.69) is 10.7 Å². The highest BCUT2D eigenvalue weighted by Gasteiger charge is 1.99. The number of hydrogen-bond donors (Lipinski definition) is 1. The van der Waals surface area contributed by atoms with Gasteiger partial charge < -0.3 is 5.32 Å². The quantitative estimate of drug-likeness (QED) is 0.737. The molecule has 0 aromatic carbocycles. The highest BCUT2D eigenvalue weighted by molar-refractivity contribution is 7.07. The Labute approximate surface area is 70.2 Å². The highest BCUT2D eigenvalue weighted by Crippen LogP contribution is 2.11. The Hall–Kier alpha value is -0.830. The first kappa shape index (κ1) is 8.27. The summed E-state index contributed by atoms with van der Waals surface area (Å²) in [6.07, 6.45) is 1.48. The molecule has 11 heavy (non-hydrogen) atoms. The predicted molar refractivity (Wildman–Crippen MR) is 46.7 cm³/mol. The molecule has 1 heterocycles. The van der Waals surface area contributed by atoms with Crippen molar-refractivity contribution in [2.75, 3.05) is 5.32 Å². The number of hydrogen-bond acceptors (Lipinski definition) is 2. The van der Waals surface area contributed by atoms with E-state index in [-0.39, 0.29) is 5.91 Å². The van der Waals surface area contributed by atoms with Crippen LogP contribution in [0.4, 0.5) is 5.69 Å². The summed E-state index contributed by atoms with van der Waals surface area (Å²) in [6, 6.07) is 1.78. The van der Waals surface area contributed by atoms with Crippen LogP contribution in [0.2, 0.25) is 0 Å². The van der Waals surface area contributed by atoms with Crippen molar-refractivity contribution in [3.63, 3.8) is 0 Å². The van der Waals surface area contributed by atoms with Gasteiger partial charge in [0.1, 0.15) is 0 Å². The zero-order valence-electron chi connectivity index (χ0n) is 6.39. The van der Waals surface area contributed by atoms with E-state index in [9.17, 15) is 4.79 Å². The molecule has 1 N–H and O–H groups in total. The molecule has 3 heteroatoms. The van der Waals surface area contributed by atoms with Crippen LogP contribution < -0.4 is 5.32 Å². The third-order valence-corrected chi connectivity index (χ3v) is 1.85. The zero-order chi connectivity index (χ0) is 8.10. The van der Waals surface area contributed by atoms with Gasteiger partial charge in [0.2, 0.25) is 5.91 Å². The summed E-state index contributed by atoms with van der Waals surface area (Å²) in [4.78, 5) is 11.0. The molecule has 0 aliphatic carbocycles. The Bertz CT molecular complexity index is 218. The molecule has 1 aromatic rings. The van der Waals surface area contributed by atoms with E-state index in [1.54, 1.807) is 6.07 Å². The van der Waals surface area contributed by atoms with Crippen molar-refractivity contribution in [2.24, 2.45) is 0 Å². The summed E-state index contributed by atoms with van der Waals surface area (Å²) in [5.41, 5.74) is 0.855. The Morgan fingerprint density at radius 2 is 2.64 bits per heavy atom. The largest absolute Gasteiger partial charge is 0.325 e. The Kier molecular flexibility index (Phi) is 3.11. The monoisotopic (exact) mass is 168 g/mol. The average molecular weight is 168 g/mol. The minimum absolute atomic E-state index is 0.0827. The van der Waals surface area contributed by atoms with Gasteiger partial charge >= 0.3 is 0 Å². The lowest BCUT2D eigenvalue weighted by molar-refractivity contribution is -0.116. The molecule has 0 saturated carbocycles. The second-order valence-electron chi connectivity index (χ2n) is 2.25. The lowest BCUT2D eigenvalue weighted by atomic mass is 10.3. The molecule has 1 amide bonds. The van der Waals surface area contributed by atoms with Gasteiger partial charge in [0.25, 0.3) is 0 Å². The molecule has 1 aromatic heterocycles. The SMILES string of the molecule is CCCC(=O)Nc1c[c]sc1. The van der Waals surface area contributed by atoms with Gasteiger partial charge in [0, 0.05) is 17.2 Å². The minimum Gasteiger partial charge on any atom is -0.325 e. The second kappa shape index (κ2) is 4.13. The van der Waals surface area contributed by atoms with Crippen LogP contribution in [0.15, 0.2) is 11.4 Å². The first-order chi connectivity index (χ1) is 5.33. The number of anilines is 1. The van der Waals surface area contributed by atoms with E-state index < -0.39 is 0 Å². The fraction of sp³-hybridized carbons (Fsp3) is 0.375. The van der Waals surface area contributed by atoms with Gasteiger partial charge in [-0.15, -0.1) is 11.3 Å².